The van der Waals surface area contributed by atoms with Gasteiger partial charge >= 0.3 is 0 Å². The van der Waals surface area contributed by atoms with E-state index in [1.165, 1.54) is 4.68 Å². The van der Waals surface area contributed by atoms with Crippen molar-refractivity contribution >= 4 is 45.8 Å². The van der Waals surface area contributed by atoms with Gasteiger partial charge in [-0.05, 0) is 25.5 Å². The van der Waals surface area contributed by atoms with E-state index in [2.05, 4.69) is 15.1 Å². The molecule has 8 heteroatoms. The van der Waals surface area contributed by atoms with Crippen molar-refractivity contribution in [1.29, 1.82) is 0 Å². The summed E-state index contributed by atoms with van der Waals surface area (Å²) in [5.41, 5.74) is 1.27. The maximum absolute atomic E-state index is 12.2. The molecule has 0 aliphatic rings. The molecule has 1 aromatic carbocycles. The predicted molar refractivity (Wildman–Crippen MR) is 88.6 cm³/mol. The van der Waals surface area contributed by atoms with E-state index >= 15 is 0 Å². The Kier molecular flexibility index (Phi) is 3.89. The minimum atomic E-state index is -0.230. The Morgan fingerprint density at radius 1 is 1.23 bits per heavy atom. The van der Waals surface area contributed by atoms with Gasteiger partial charge in [0.1, 0.15) is 16.9 Å². The van der Waals surface area contributed by atoms with Crippen LogP contribution in [0.1, 0.15) is 18.4 Å². The van der Waals surface area contributed by atoms with Crippen molar-refractivity contribution in [2.75, 3.05) is 0 Å². The molecule has 0 aliphatic heterocycles. The zero-order chi connectivity index (χ0) is 16.0. The fourth-order valence-corrected chi connectivity index (χ4v) is 3.32. The lowest BCUT2D eigenvalue weighted by Crippen LogP contribution is -2.11. The molecule has 114 valence electrons. The summed E-state index contributed by atoms with van der Waals surface area (Å²) in [6, 6.07) is 3.15. The second kappa shape index (κ2) is 5.57. The number of aromatic amines is 1. The number of benzene rings is 1. The molecule has 0 radical (unpaired) electrons. The maximum Gasteiger partial charge on any atom is 0.262 e. The van der Waals surface area contributed by atoms with E-state index < -0.39 is 0 Å². The van der Waals surface area contributed by atoms with Gasteiger partial charge in [0.05, 0.1) is 15.7 Å². The van der Waals surface area contributed by atoms with Crippen molar-refractivity contribution < 1.29 is 0 Å². The molecule has 5 nitrogen and oxygen atoms in total. The molecular formula is C14H11Cl3N4O. The van der Waals surface area contributed by atoms with Crippen LogP contribution in [0, 0.1) is 6.92 Å². The predicted octanol–water partition coefficient (Wildman–Crippen LogP) is 3.94. The highest BCUT2D eigenvalue weighted by Gasteiger charge is 2.19. The number of hydrogen-bond acceptors (Lipinski definition) is 3. The highest BCUT2D eigenvalue weighted by atomic mass is 35.5. The van der Waals surface area contributed by atoms with Crippen molar-refractivity contribution in [3.8, 4) is 5.69 Å². The van der Waals surface area contributed by atoms with Crippen LogP contribution in [0.4, 0.5) is 0 Å². The fourth-order valence-electron chi connectivity index (χ4n) is 2.34. The lowest BCUT2D eigenvalue weighted by atomic mass is 10.2. The Morgan fingerprint density at radius 3 is 2.45 bits per heavy atom. The number of aromatic nitrogens is 4. The standard InChI is InChI=1S/C14H11Cl3N4O/c1-3-10-11-13(18-6(2)19-14(11)22)21(20-10)12-8(16)4-7(15)5-9(12)17/h4-5H,3H2,1-2H3,(H,18,19,22). The quantitative estimate of drug-likeness (QED) is 0.755. The number of hydrogen-bond donors (Lipinski definition) is 1. The van der Waals surface area contributed by atoms with Crippen LogP contribution in [0.2, 0.25) is 15.1 Å². The van der Waals surface area contributed by atoms with Gasteiger partial charge in [-0.3, -0.25) is 4.79 Å². The number of fused-ring (bicyclic) bond motifs is 1. The summed E-state index contributed by atoms with van der Waals surface area (Å²) in [4.78, 5) is 19.3. The molecule has 0 atom stereocenters. The molecule has 0 saturated carbocycles. The smallest absolute Gasteiger partial charge is 0.262 e. The van der Waals surface area contributed by atoms with Gasteiger partial charge < -0.3 is 4.98 Å². The Bertz CT molecular complexity index is 922. The highest BCUT2D eigenvalue weighted by Crippen LogP contribution is 2.33. The van der Waals surface area contributed by atoms with E-state index in [0.717, 1.165) is 0 Å². The molecule has 2 aromatic heterocycles. The van der Waals surface area contributed by atoms with Crippen LogP contribution in [0.3, 0.4) is 0 Å². The Balaban J connectivity index is 2.45. The minimum Gasteiger partial charge on any atom is -0.310 e. The number of H-pyrrole nitrogens is 1. The summed E-state index contributed by atoms with van der Waals surface area (Å²) in [5.74, 6) is 0.488. The van der Waals surface area contributed by atoms with Gasteiger partial charge in [0.2, 0.25) is 0 Å². The van der Waals surface area contributed by atoms with E-state index in [4.69, 9.17) is 34.8 Å². The monoisotopic (exact) mass is 356 g/mol. The summed E-state index contributed by atoms with van der Waals surface area (Å²) in [6.07, 6.45) is 0.583. The third kappa shape index (κ3) is 2.39. The van der Waals surface area contributed by atoms with Crippen LogP contribution >= 0.6 is 34.8 Å². The van der Waals surface area contributed by atoms with Gasteiger partial charge in [-0.2, -0.15) is 5.10 Å². The molecule has 3 rings (SSSR count). The van der Waals surface area contributed by atoms with Gasteiger partial charge in [0.15, 0.2) is 5.65 Å². The second-order valence-corrected chi connectivity index (χ2v) is 6.03. The largest absolute Gasteiger partial charge is 0.310 e. The first-order chi connectivity index (χ1) is 10.4. The molecule has 0 aliphatic carbocycles. The van der Waals surface area contributed by atoms with Crippen LogP contribution in [-0.2, 0) is 6.42 Å². The molecule has 0 saturated heterocycles. The summed E-state index contributed by atoms with van der Waals surface area (Å²) in [7, 11) is 0. The first kappa shape index (κ1) is 15.3. The number of aryl methyl sites for hydroxylation is 2. The minimum absolute atomic E-state index is 0.230. The van der Waals surface area contributed by atoms with Crippen molar-refractivity contribution in [2.45, 2.75) is 20.3 Å². The lowest BCUT2D eigenvalue weighted by Gasteiger charge is -2.08. The molecule has 22 heavy (non-hydrogen) atoms. The number of nitrogens with zero attached hydrogens (tertiary/aromatic N) is 3. The van der Waals surface area contributed by atoms with E-state index in [1.807, 2.05) is 6.92 Å². The van der Waals surface area contributed by atoms with E-state index in [0.29, 0.717) is 49.7 Å². The van der Waals surface area contributed by atoms with Crippen LogP contribution in [0.5, 0.6) is 0 Å². The van der Waals surface area contributed by atoms with Crippen molar-refractivity contribution in [3.63, 3.8) is 0 Å². The van der Waals surface area contributed by atoms with Crippen molar-refractivity contribution in [3.05, 3.63) is 49.1 Å². The zero-order valence-electron chi connectivity index (χ0n) is 11.7. The summed E-state index contributed by atoms with van der Waals surface area (Å²) >= 11 is 18.5. The van der Waals surface area contributed by atoms with E-state index in [1.54, 1.807) is 19.1 Å². The van der Waals surface area contributed by atoms with Crippen molar-refractivity contribution in [2.24, 2.45) is 0 Å². The fraction of sp³-hybridized carbons (Fsp3) is 0.214. The highest BCUT2D eigenvalue weighted by molar-refractivity contribution is 6.40. The Labute approximate surface area is 140 Å². The van der Waals surface area contributed by atoms with Gasteiger partial charge in [-0.25, -0.2) is 9.67 Å². The molecule has 3 aromatic rings. The van der Waals surface area contributed by atoms with E-state index in [9.17, 15) is 4.79 Å². The molecule has 0 spiro atoms. The average Bonchev–Trinajstić information content (AvgIpc) is 2.76. The molecule has 0 amide bonds. The third-order valence-electron chi connectivity index (χ3n) is 3.26. The molecule has 0 fully saturated rings. The van der Waals surface area contributed by atoms with Crippen LogP contribution in [0.25, 0.3) is 16.7 Å². The van der Waals surface area contributed by atoms with Crippen LogP contribution in [-0.4, -0.2) is 19.7 Å². The Morgan fingerprint density at radius 2 is 1.86 bits per heavy atom. The first-order valence-corrected chi connectivity index (χ1v) is 7.69. The lowest BCUT2D eigenvalue weighted by molar-refractivity contribution is 0.851. The average molecular weight is 358 g/mol. The molecule has 0 bridgehead atoms. The molecular weight excluding hydrogens is 347 g/mol. The molecule has 0 unspecified atom stereocenters. The second-order valence-electron chi connectivity index (χ2n) is 4.78. The molecule has 2 heterocycles. The number of nitrogens with one attached hydrogen (secondary N) is 1. The first-order valence-electron chi connectivity index (χ1n) is 6.55. The Hall–Kier alpha value is -1.56. The topological polar surface area (TPSA) is 63.6 Å². The van der Waals surface area contributed by atoms with Gasteiger partial charge in [0.25, 0.3) is 5.56 Å². The van der Waals surface area contributed by atoms with Crippen LogP contribution in [0.15, 0.2) is 16.9 Å². The summed E-state index contributed by atoms with van der Waals surface area (Å²) in [6.45, 7) is 3.62. The zero-order valence-corrected chi connectivity index (χ0v) is 14.0. The third-order valence-corrected chi connectivity index (χ3v) is 4.05. The van der Waals surface area contributed by atoms with Gasteiger partial charge in [-0.1, -0.05) is 41.7 Å². The maximum atomic E-state index is 12.2. The van der Waals surface area contributed by atoms with Gasteiger partial charge in [-0.15, -0.1) is 0 Å². The SMILES string of the molecule is CCc1nn(-c2c(Cl)cc(Cl)cc2Cl)c2nc(C)[nH]c(=O)c12. The summed E-state index contributed by atoms with van der Waals surface area (Å²) in [5, 5.41) is 5.99. The molecule has 1 N–H and O–H groups in total. The van der Waals surface area contributed by atoms with Crippen LogP contribution < -0.4 is 5.56 Å². The number of rotatable bonds is 2. The summed E-state index contributed by atoms with van der Waals surface area (Å²) < 4.78 is 1.50. The van der Waals surface area contributed by atoms with Crippen molar-refractivity contribution in [1.82, 2.24) is 19.7 Å². The normalized spacial score (nSPS) is 11.3. The van der Waals surface area contributed by atoms with Gasteiger partial charge in [0, 0.05) is 5.02 Å². The number of halogens is 3. The van der Waals surface area contributed by atoms with E-state index in [-0.39, 0.29) is 5.56 Å².